The van der Waals surface area contributed by atoms with Crippen LogP contribution in [0.25, 0.3) is 6.08 Å². The van der Waals surface area contributed by atoms with Crippen molar-refractivity contribution in [2.75, 3.05) is 13.7 Å². The second kappa shape index (κ2) is 8.58. The molecule has 1 aliphatic heterocycles. The number of hydrogen-bond donors (Lipinski definition) is 0. The molecule has 0 aliphatic carbocycles. The molecular weight excluding hydrogens is 481 g/mol. The van der Waals surface area contributed by atoms with E-state index < -0.39 is 5.97 Å². The van der Waals surface area contributed by atoms with Crippen LogP contribution in [-0.2, 0) is 9.53 Å². The molecule has 2 aromatic rings. The highest BCUT2D eigenvalue weighted by Crippen LogP contribution is 2.35. The molecular formula is C20H15ClINO4. The zero-order chi connectivity index (χ0) is 19.4. The van der Waals surface area contributed by atoms with Gasteiger partial charge in [-0.15, -0.1) is 0 Å². The molecule has 0 atom stereocenters. The smallest absolute Gasteiger partial charge is 0.363 e. The molecule has 2 aromatic carbocycles. The molecule has 0 unspecified atom stereocenters. The Morgan fingerprint density at radius 2 is 2.11 bits per heavy atom. The molecule has 5 nitrogen and oxygen atoms in total. The summed E-state index contributed by atoms with van der Waals surface area (Å²) in [7, 11) is 1.56. The highest BCUT2D eigenvalue weighted by molar-refractivity contribution is 14.1. The fourth-order valence-electron chi connectivity index (χ4n) is 2.42. The van der Waals surface area contributed by atoms with E-state index in [-0.39, 0.29) is 11.6 Å². The quantitative estimate of drug-likeness (QED) is 0.249. The van der Waals surface area contributed by atoms with Crippen LogP contribution >= 0.6 is 34.2 Å². The number of ether oxygens (including phenoxy) is 3. The van der Waals surface area contributed by atoms with Crippen LogP contribution in [0.15, 0.2) is 59.7 Å². The molecule has 0 N–H and O–H groups in total. The number of nitrogens with zero attached hydrogens (tertiary/aromatic N) is 1. The molecule has 7 heteroatoms. The molecule has 1 aliphatic rings. The van der Waals surface area contributed by atoms with Crippen LogP contribution in [0.2, 0.25) is 5.02 Å². The first kappa shape index (κ1) is 19.4. The van der Waals surface area contributed by atoms with E-state index in [1.165, 1.54) is 0 Å². The second-order valence-corrected chi connectivity index (χ2v) is 7.02. The van der Waals surface area contributed by atoms with Crippen LogP contribution < -0.4 is 9.47 Å². The van der Waals surface area contributed by atoms with E-state index in [0.717, 1.165) is 9.13 Å². The fraction of sp³-hybridized carbons (Fsp3) is 0.100. The third kappa shape index (κ3) is 4.33. The van der Waals surface area contributed by atoms with Crippen molar-refractivity contribution in [3.63, 3.8) is 0 Å². The van der Waals surface area contributed by atoms with Crippen molar-refractivity contribution in [3.8, 4) is 11.5 Å². The predicted molar refractivity (Wildman–Crippen MR) is 113 cm³/mol. The Labute approximate surface area is 175 Å². The number of carbonyl (C=O) groups is 1. The number of carbonyl (C=O) groups excluding carboxylic acids is 1. The first-order chi connectivity index (χ1) is 13.0. The van der Waals surface area contributed by atoms with Crippen LogP contribution in [-0.4, -0.2) is 25.6 Å². The summed E-state index contributed by atoms with van der Waals surface area (Å²) in [6.45, 7) is 4.01. The average molecular weight is 496 g/mol. The molecule has 0 aromatic heterocycles. The van der Waals surface area contributed by atoms with Gasteiger partial charge in [0.2, 0.25) is 5.90 Å². The third-order valence-electron chi connectivity index (χ3n) is 3.63. The number of benzene rings is 2. The maximum absolute atomic E-state index is 12.2. The molecule has 3 rings (SSSR count). The molecule has 0 spiro atoms. The minimum absolute atomic E-state index is 0.183. The lowest BCUT2D eigenvalue weighted by atomic mass is 10.1. The highest BCUT2D eigenvalue weighted by atomic mass is 127. The van der Waals surface area contributed by atoms with E-state index in [0.29, 0.717) is 28.7 Å². The molecule has 0 saturated heterocycles. The Morgan fingerprint density at radius 3 is 2.81 bits per heavy atom. The van der Waals surface area contributed by atoms with Crippen LogP contribution in [0.4, 0.5) is 0 Å². The number of methoxy groups -OCH3 is 1. The minimum atomic E-state index is -0.536. The normalized spacial score (nSPS) is 14.7. The van der Waals surface area contributed by atoms with Crippen molar-refractivity contribution in [3.05, 3.63) is 74.5 Å². The maximum Gasteiger partial charge on any atom is 0.363 e. The van der Waals surface area contributed by atoms with Crippen molar-refractivity contribution in [2.45, 2.75) is 0 Å². The Bertz CT molecular complexity index is 968. The third-order valence-corrected chi connectivity index (χ3v) is 4.76. The van der Waals surface area contributed by atoms with E-state index in [1.807, 2.05) is 6.07 Å². The summed E-state index contributed by atoms with van der Waals surface area (Å²) in [5, 5.41) is 0.463. The van der Waals surface area contributed by atoms with Gasteiger partial charge in [-0.3, -0.25) is 0 Å². The van der Waals surface area contributed by atoms with E-state index in [2.05, 4.69) is 34.2 Å². The monoisotopic (exact) mass is 495 g/mol. The predicted octanol–water partition coefficient (Wildman–Crippen LogP) is 4.86. The Morgan fingerprint density at radius 1 is 1.33 bits per heavy atom. The lowest BCUT2D eigenvalue weighted by Gasteiger charge is -2.12. The van der Waals surface area contributed by atoms with Crippen LogP contribution in [0.5, 0.6) is 11.5 Å². The van der Waals surface area contributed by atoms with E-state index >= 15 is 0 Å². The standard InChI is InChI=1S/C20H15ClINO4/c1-3-8-26-18-15(22)9-12(11-17(18)25-2)10-16-20(24)27-19(23-16)13-6-4-5-7-14(13)21/h3-7,9-11H,1,8H2,2H3/b16-10-. The lowest BCUT2D eigenvalue weighted by molar-refractivity contribution is -0.129. The van der Waals surface area contributed by atoms with E-state index in [1.54, 1.807) is 49.6 Å². The molecule has 0 amide bonds. The van der Waals surface area contributed by atoms with Crippen LogP contribution in [0.3, 0.4) is 0 Å². The summed E-state index contributed by atoms with van der Waals surface area (Å²) in [5.74, 6) is 0.821. The van der Waals surface area contributed by atoms with Crippen LogP contribution in [0, 0.1) is 3.57 Å². The Hall–Kier alpha value is -2.32. The topological polar surface area (TPSA) is 57.1 Å². The van der Waals surface area contributed by atoms with Crippen molar-refractivity contribution >= 4 is 52.1 Å². The number of esters is 1. The van der Waals surface area contributed by atoms with Crippen molar-refractivity contribution in [2.24, 2.45) is 4.99 Å². The highest BCUT2D eigenvalue weighted by Gasteiger charge is 2.25. The van der Waals surface area contributed by atoms with Gasteiger partial charge in [0.1, 0.15) is 6.61 Å². The van der Waals surface area contributed by atoms with Gasteiger partial charge in [0.15, 0.2) is 17.2 Å². The van der Waals surface area contributed by atoms with Gasteiger partial charge in [0.25, 0.3) is 0 Å². The summed E-state index contributed by atoms with van der Waals surface area (Å²) in [6.07, 6.45) is 3.29. The molecule has 0 fully saturated rings. The van der Waals surface area contributed by atoms with E-state index in [4.69, 9.17) is 25.8 Å². The summed E-state index contributed by atoms with van der Waals surface area (Å²) in [6, 6.07) is 10.7. The Balaban J connectivity index is 1.96. The van der Waals surface area contributed by atoms with Gasteiger partial charge in [-0.2, -0.15) is 0 Å². The number of cyclic esters (lactones) is 1. The first-order valence-corrected chi connectivity index (χ1v) is 9.38. The van der Waals surface area contributed by atoms with Crippen LogP contribution in [0.1, 0.15) is 11.1 Å². The largest absolute Gasteiger partial charge is 0.493 e. The first-order valence-electron chi connectivity index (χ1n) is 7.92. The summed E-state index contributed by atoms with van der Waals surface area (Å²) >= 11 is 8.30. The molecule has 138 valence electrons. The number of hydrogen-bond acceptors (Lipinski definition) is 5. The summed E-state index contributed by atoms with van der Waals surface area (Å²) in [4.78, 5) is 16.5. The molecule has 0 saturated carbocycles. The average Bonchev–Trinajstić information content (AvgIpc) is 3.01. The fourth-order valence-corrected chi connectivity index (χ4v) is 3.42. The van der Waals surface area contributed by atoms with Gasteiger partial charge in [-0.25, -0.2) is 9.79 Å². The van der Waals surface area contributed by atoms with Gasteiger partial charge < -0.3 is 14.2 Å². The molecule has 27 heavy (non-hydrogen) atoms. The zero-order valence-corrected chi connectivity index (χ0v) is 17.3. The van der Waals surface area contributed by atoms with Crippen molar-refractivity contribution in [1.82, 2.24) is 0 Å². The molecule has 0 bridgehead atoms. The Kier molecular flexibility index (Phi) is 6.18. The van der Waals surface area contributed by atoms with Gasteiger partial charge in [-0.1, -0.05) is 36.4 Å². The second-order valence-electron chi connectivity index (χ2n) is 5.45. The SMILES string of the molecule is C=CCOc1c(I)cc(/C=C2\N=C(c3ccccc3Cl)OC2=O)cc1OC. The summed E-state index contributed by atoms with van der Waals surface area (Å²) < 4.78 is 17.1. The molecule has 0 radical (unpaired) electrons. The van der Waals surface area contributed by atoms with Gasteiger partial charge in [0, 0.05) is 0 Å². The van der Waals surface area contributed by atoms with Gasteiger partial charge in [-0.05, 0) is 58.5 Å². The molecule has 1 heterocycles. The van der Waals surface area contributed by atoms with Gasteiger partial charge in [0.05, 0.1) is 21.3 Å². The maximum atomic E-state index is 12.2. The van der Waals surface area contributed by atoms with Crippen molar-refractivity contribution < 1.29 is 19.0 Å². The number of halogens is 2. The zero-order valence-electron chi connectivity index (χ0n) is 14.4. The lowest BCUT2D eigenvalue weighted by Crippen LogP contribution is -2.05. The van der Waals surface area contributed by atoms with Gasteiger partial charge >= 0.3 is 5.97 Å². The summed E-state index contributed by atoms with van der Waals surface area (Å²) in [5.41, 5.74) is 1.48. The number of rotatable bonds is 6. The van der Waals surface area contributed by atoms with Crippen molar-refractivity contribution in [1.29, 1.82) is 0 Å². The minimum Gasteiger partial charge on any atom is -0.493 e. The van der Waals surface area contributed by atoms with E-state index in [9.17, 15) is 4.79 Å². The number of aliphatic imine (C=N–C) groups is 1.